The third kappa shape index (κ3) is 9.00. The van der Waals surface area contributed by atoms with E-state index in [4.69, 9.17) is 19.4 Å². The van der Waals surface area contributed by atoms with Crippen LogP contribution in [0.1, 0.15) is 74.9 Å². The molecule has 4 N–H and O–H groups in total. The van der Waals surface area contributed by atoms with E-state index in [1.54, 1.807) is 27.6 Å². The maximum atomic E-state index is 13.9. The zero-order valence-electron chi connectivity index (χ0n) is 36.5. The van der Waals surface area contributed by atoms with Gasteiger partial charge in [-0.1, -0.05) is 92.7 Å². The van der Waals surface area contributed by atoms with Crippen LogP contribution in [0, 0.1) is 5.92 Å². The maximum Gasteiger partial charge on any atom is 0.407 e. The summed E-state index contributed by atoms with van der Waals surface area (Å²) in [5.74, 6) is 1.02. The van der Waals surface area contributed by atoms with Crippen molar-refractivity contribution < 1.29 is 28.7 Å². The molecule has 0 spiro atoms. The Morgan fingerprint density at radius 3 is 1.58 bits per heavy atom. The Hall–Kier alpha value is -6.78. The largest absolute Gasteiger partial charge is 0.453 e. The molecule has 4 amide bonds. The van der Waals surface area contributed by atoms with Gasteiger partial charge in [-0.3, -0.25) is 9.59 Å². The first-order valence-electron chi connectivity index (χ1n) is 21.8. The van der Waals surface area contributed by atoms with Crippen molar-refractivity contribution in [2.75, 3.05) is 27.3 Å². The average molecular weight is 911 g/mol. The third-order valence-corrected chi connectivity index (χ3v) is 14.7. The first-order chi connectivity index (χ1) is 31.6. The molecule has 0 bridgehead atoms. The number of imidazole rings is 2. The van der Waals surface area contributed by atoms with Crippen LogP contribution in [0.15, 0.2) is 103 Å². The van der Waals surface area contributed by atoms with E-state index in [1.807, 2.05) is 61.5 Å². The number of methoxy groups -OCH3 is 2. The molecule has 2 saturated heterocycles. The standard InChI is InChI=1S/C49H50N8O6S2/c1-28(2)42(54-48(60)62-3)46(58)56-22-8-12-36(56)44-50-26-34(52-44)29-14-18-31(19-15-29)38-24-40-41(64-38)25-39(65-40)32-20-16-30(17-21-32)35-27-51-45(53-35)37-13-9-23-57(37)47(59)43(55-49(61)63-4)33-10-6-5-7-11-33/h5-7,10-11,14-21,24-28,36-37,42-43H,8-9,12-13,22-23H2,1-4H3,(H,50,52)(H,51,53)(H,54,60)(H,55,61)/t36?,37?,42-,43+/m0/s1. The molecular formula is C49H50N8O6S2. The lowest BCUT2D eigenvalue weighted by atomic mass is 10.0. The fraction of sp³-hybridized carbons (Fsp3) is 0.306. The molecule has 0 radical (unpaired) electrons. The van der Waals surface area contributed by atoms with Gasteiger partial charge < -0.3 is 39.9 Å². The van der Waals surface area contributed by atoms with E-state index >= 15 is 0 Å². The van der Waals surface area contributed by atoms with Gasteiger partial charge in [-0.2, -0.15) is 0 Å². The van der Waals surface area contributed by atoms with Gasteiger partial charge in [0.1, 0.15) is 23.7 Å². The molecule has 7 aromatic rings. The summed E-state index contributed by atoms with van der Waals surface area (Å²) in [6.07, 6.45) is 5.59. The van der Waals surface area contributed by atoms with Crippen molar-refractivity contribution in [1.29, 1.82) is 0 Å². The number of rotatable bonds is 12. The summed E-state index contributed by atoms with van der Waals surface area (Å²) >= 11 is 3.54. The number of ether oxygens (including phenoxy) is 2. The number of hydrogen-bond donors (Lipinski definition) is 4. The van der Waals surface area contributed by atoms with Crippen molar-refractivity contribution in [1.82, 2.24) is 40.4 Å². The van der Waals surface area contributed by atoms with Gasteiger partial charge >= 0.3 is 12.2 Å². The van der Waals surface area contributed by atoms with E-state index in [-0.39, 0.29) is 29.8 Å². The number of benzene rings is 3. The van der Waals surface area contributed by atoms with Crippen molar-refractivity contribution in [3.63, 3.8) is 0 Å². The number of fused-ring (bicyclic) bond motifs is 1. The Bertz CT molecular complexity index is 2780. The maximum absolute atomic E-state index is 13.9. The molecule has 2 aliphatic heterocycles. The lowest BCUT2D eigenvalue weighted by Gasteiger charge is -2.30. The Balaban J connectivity index is 0.843. The lowest BCUT2D eigenvalue weighted by molar-refractivity contribution is -0.135. The van der Waals surface area contributed by atoms with Gasteiger partial charge in [0, 0.05) is 32.2 Å². The van der Waals surface area contributed by atoms with Crippen molar-refractivity contribution in [3.05, 3.63) is 121 Å². The molecule has 2 fully saturated rings. The van der Waals surface area contributed by atoms with Crippen LogP contribution < -0.4 is 10.6 Å². The average Bonchev–Trinajstić information content (AvgIpc) is 4.20. The smallest absolute Gasteiger partial charge is 0.407 e. The highest BCUT2D eigenvalue weighted by atomic mass is 32.1. The van der Waals surface area contributed by atoms with Crippen molar-refractivity contribution in [2.24, 2.45) is 5.92 Å². The zero-order chi connectivity index (χ0) is 45.2. The first kappa shape index (κ1) is 43.5. The summed E-state index contributed by atoms with van der Waals surface area (Å²) in [6.45, 7) is 4.98. The number of aromatic amines is 2. The van der Waals surface area contributed by atoms with Crippen LogP contribution in [0.3, 0.4) is 0 Å². The van der Waals surface area contributed by atoms with E-state index in [1.165, 1.54) is 33.4 Å². The number of amides is 4. The fourth-order valence-electron chi connectivity index (χ4n) is 8.84. The van der Waals surface area contributed by atoms with Crippen LogP contribution in [0.4, 0.5) is 9.59 Å². The Labute approximate surface area is 384 Å². The fourth-order valence-corrected chi connectivity index (χ4v) is 11.2. The van der Waals surface area contributed by atoms with E-state index in [0.717, 1.165) is 65.1 Å². The topological polar surface area (TPSA) is 175 Å². The van der Waals surface area contributed by atoms with Crippen LogP contribution in [0.2, 0.25) is 0 Å². The number of carbonyl (C=O) groups excluding carboxylic acids is 4. The van der Waals surface area contributed by atoms with Crippen LogP contribution in [-0.4, -0.2) is 87.1 Å². The predicted octanol–water partition coefficient (Wildman–Crippen LogP) is 9.88. The van der Waals surface area contributed by atoms with E-state index in [2.05, 4.69) is 81.3 Å². The molecule has 0 aliphatic carbocycles. The van der Waals surface area contributed by atoms with E-state index in [9.17, 15) is 19.2 Å². The van der Waals surface area contributed by atoms with Crippen LogP contribution in [0.5, 0.6) is 0 Å². The predicted molar refractivity (Wildman–Crippen MR) is 252 cm³/mol. The summed E-state index contributed by atoms with van der Waals surface area (Å²) in [4.78, 5) is 74.1. The quantitative estimate of drug-likeness (QED) is 0.0937. The molecule has 6 heterocycles. The van der Waals surface area contributed by atoms with E-state index < -0.39 is 24.3 Å². The minimum Gasteiger partial charge on any atom is -0.453 e. The van der Waals surface area contributed by atoms with Gasteiger partial charge in [0.25, 0.3) is 5.91 Å². The molecule has 4 atom stereocenters. The number of likely N-dealkylation sites (tertiary alicyclic amines) is 2. The van der Waals surface area contributed by atoms with E-state index in [0.29, 0.717) is 24.5 Å². The molecule has 16 heteroatoms. The van der Waals surface area contributed by atoms with Gasteiger partial charge in [-0.25, -0.2) is 19.6 Å². The molecule has 4 aromatic heterocycles. The molecule has 0 saturated carbocycles. The minimum atomic E-state index is -0.874. The number of thiophene rings is 2. The van der Waals surface area contributed by atoms with Gasteiger partial charge in [0.05, 0.1) is 50.1 Å². The van der Waals surface area contributed by atoms with Gasteiger partial charge in [0.15, 0.2) is 0 Å². The summed E-state index contributed by atoms with van der Waals surface area (Å²) in [5, 5.41) is 5.43. The van der Waals surface area contributed by atoms with Gasteiger partial charge in [-0.15, -0.1) is 22.7 Å². The van der Waals surface area contributed by atoms with Gasteiger partial charge in [0.2, 0.25) is 5.91 Å². The molecular weight excluding hydrogens is 861 g/mol. The second-order valence-electron chi connectivity index (χ2n) is 16.7. The molecule has 65 heavy (non-hydrogen) atoms. The molecule has 3 aromatic carbocycles. The summed E-state index contributed by atoms with van der Waals surface area (Å²) in [7, 11) is 2.58. The molecule has 334 valence electrons. The second kappa shape index (κ2) is 18.7. The number of carbonyl (C=O) groups is 4. The highest BCUT2D eigenvalue weighted by Gasteiger charge is 2.39. The van der Waals surface area contributed by atoms with Crippen molar-refractivity contribution in [2.45, 2.75) is 63.7 Å². The number of nitrogens with one attached hydrogen (secondary N) is 4. The molecule has 14 nitrogen and oxygen atoms in total. The van der Waals surface area contributed by atoms with Crippen LogP contribution >= 0.6 is 22.7 Å². The number of alkyl carbamates (subject to hydrolysis) is 2. The van der Waals surface area contributed by atoms with Crippen molar-refractivity contribution in [3.8, 4) is 43.4 Å². The Kier molecular flexibility index (Phi) is 12.5. The van der Waals surface area contributed by atoms with Crippen LogP contribution in [-0.2, 0) is 19.1 Å². The number of hydrogen-bond acceptors (Lipinski definition) is 10. The van der Waals surface area contributed by atoms with Crippen LogP contribution in [0.25, 0.3) is 52.8 Å². The minimum absolute atomic E-state index is 0.101. The molecule has 2 aliphatic rings. The van der Waals surface area contributed by atoms with Gasteiger partial charge in [-0.05, 0) is 71.6 Å². The summed E-state index contributed by atoms with van der Waals surface area (Å²) in [6, 6.07) is 28.6. The number of aromatic nitrogens is 4. The highest BCUT2D eigenvalue weighted by molar-refractivity contribution is 7.31. The third-order valence-electron chi connectivity index (χ3n) is 12.3. The SMILES string of the molecule is COC(=O)N[C@H](C(=O)N1CCCC1c1ncc(-c2ccc(-c3cc4sc(-c5ccc(-c6cnc(C7CCCN7C(=O)[C@H](NC(=O)OC)c7ccccc7)[nH]6)cc5)cc4s3)cc2)[nH]1)C(C)C. The molecule has 2 unspecified atom stereocenters. The lowest BCUT2D eigenvalue weighted by Crippen LogP contribution is -2.51. The molecule has 9 rings (SSSR count). The monoisotopic (exact) mass is 910 g/mol. The zero-order valence-corrected chi connectivity index (χ0v) is 38.1. The highest BCUT2D eigenvalue weighted by Crippen LogP contribution is 2.43. The summed E-state index contributed by atoms with van der Waals surface area (Å²) in [5.41, 5.74) is 6.70. The van der Waals surface area contributed by atoms with Crippen molar-refractivity contribution >= 4 is 56.1 Å². The second-order valence-corrected chi connectivity index (χ2v) is 18.9. The number of nitrogens with zero attached hydrogens (tertiary/aromatic N) is 4. The Morgan fingerprint density at radius 1 is 0.646 bits per heavy atom. The normalized spacial score (nSPS) is 17.1. The first-order valence-corrected chi connectivity index (χ1v) is 23.4. The number of H-pyrrole nitrogens is 2. The summed E-state index contributed by atoms with van der Waals surface area (Å²) < 4.78 is 12.1. The Morgan fingerprint density at radius 2 is 1.11 bits per heavy atom.